The van der Waals surface area contributed by atoms with Crippen LogP contribution in [0.15, 0.2) is 72.8 Å². The number of hydrogen-bond donors (Lipinski definition) is 3. The lowest BCUT2D eigenvalue weighted by atomic mass is 9.99. The normalized spacial score (nSPS) is 14.9. The number of ether oxygens (including phenoxy) is 1. The number of hydrogen-bond acceptors (Lipinski definition) is 4. The van der Waals surface area contributed by atoms with E-state index in [0.29, 0.717) is 6.42 Å². The molecule has 0 unspecified atom stereocenters. The van der Waals surface area contributed by atoms with Crippen molar-refractivity contribution >= 4 is 23.4 Å². The molecule has 4 rings (SSSR count). The number of aryl methyl sites for hydroxylation is 1. The molecule has 7 nitrogen and oxygen atoms in total. The predicted octanol–water partition coefficient (Wildman–Crippen LogP) is 5.98. The number of amides is 2. The van der Waals surface area contributed by atoms with Crippen LogP contribution in [0.25, 0.3) is 11.1 Å². The van der Waals surface area contributed by atoms with Gasteiger partial charge in [-0.3, -0.25) is 10.1 Å². The molecule has 1 heterocycles. The zero-order chi connectivity index (χ0) is 27.7. The Morgan fingerprint density at radius 2 is 1.59 bits per heavy atom. The van der Waals surface area contributed by atoms with E-state index in [9.17, 15) is 9.59 Å². The van der Waals surface area contributed by atoms with Gasteiger partial charge in [-0.25, -0.2) is 4.79 Å². The molecular formula is C32H40N3O4+. The van der Waals surface area contributed by atoms with E-state index < -0.39 is 6.09 Å². The average molecular weight is 531 g/mol. The Labute approximate surface area is 231 Å². The van der Waals surface area contributed by atoms with Gasteiger partial charge in [0.2, 0.25) is 5.91 Å². The van der Waals surface area contributed by atoms with Crippen LogP contribution in [0.2, 0.25) is 0 Å². The maximum atomic E-state index is 12.9. The molecule has 0 spiro atoms. The molecule has 1 fully saturated rings. The number of aliphatic hydroxyl groups excluding tert-OH is 1. The zero-order valence-electron chi connectivity index (χ0n) is 23.0. The molecule has 2 amide bonds. The number of carbonyl (C=O) groups is 2. The number of carbonyl (C=O) groups excluding carboxylic acids is 2. The smallest absolute Gasteiger partial charge is 0.411 e. The number of aliphatic hydroxyl groups is 1. The number of unbranched alkanes of at least 4 members (excludes halogenated alkanes) is 1. The van der Waals surface area contributed by atoms with Gasteiger partial charge in [0.25, 0.3) is 0 Å². The third-order valence-electron chi connectivity index (χ3n) is 7.33. The number of nitrogens with one attached hydrogen (secondary N) is 2. The highest BCUT2D eigenvalue weighted by Crippen LogP contribution is 2.30. The SMILES string of the molecule is C[N+]1(C)CCC(OC(=O)Nc2cc(CCCCC(=O)Nc3ccc(CO)cc3)ccc2-c2ccccc2)CC1. The molecule has 1 aliphatic rings. The van der Waals surface area contributed by atoms with Crippen LogP contribution < -0.4 is 10.6 Å². The number of piperidine rings is 1. The van der Waals surface area contributed by atoms with Gasteiger partial charge < -0.3 is 19.6 Å². The summed E-state index contributed by atoms with van der Waals surface area (Å²) in [6.07, 6.45) is 4.10. The van der Waals surface area contributed by atoms with E-state index in [-0.39, 0.29) is 18.6 Å². The van der Waals surface area contributed by atoms with Crippen molar-refractivity contribution in [2.45, 2.75) is 51.2 Å². The summed E-state index contributed by atoms with van der Waals surface area (Å²) in [4.78, 5) is 25.2. The first kappa shape index (κ1) is 28.3. The Morgan fingerprint density at radius 1 is 0.897 bits per heavy atom. The second-order valence-corrected chi connectivity index (χ2v) is 11.0. The minimum absolute atomic E-state index is 0.0165. The van der Waals surface area contributed by atoms with E-state index >= 15 is 0 Å². The average Bonchev–Trinajstić information content (AvgIpc) is 2.93. The Kier molecular flexibility index (Phi) is 9.74. The first-order valence-corrected chi connectivity index (χ1v) is 13.8. The lowest BCUT2D eigenvalue weighted by Crippen LogP contribution is -2.48. The Hall–Kier alpha value is -3.68. The maximum Gasteiger partial charge on any atom is 0.411 e. The number of nitrogens with zero attached hydrogens (tertiary/aromatic N) is 1. The van der Waals surface area contributed by atoms with Crippen LogP contribution in [0.5, 0.6) is 0 Å². The van der Waals surface area contributed by atoms with Gasteiger partial charge in [0.15, 0.2) is 0 Å². The van der Waals surface area contributed by atoms with E-state index in [1.54, 1.807) is 24.3 Å². The van der Waals surface area contributed by atoms with Gasteiger partial charge in [-0.15, -0.1) is 0 Å². The standard InChI is InChI=1S/C32H39N3O4/c1-35(2)20-18-28(19-21-35)39-32(38)34-30-22-24(14-17-29(30)26-9-4-3-5-10-26)8-6-7-11-31(37)33-27-15-12-25(23-36)13-16-27/h3-5,9-10,12-17,22,28,36H,6-8,11,18-21,23H2,1-2H3,(H-,33,34,37,38)/p+1. The van der Waals surface area contributed by atoms with Crippen molar-refractivity contribution in [3.8, 4) is 11.1 Å². The maximum absolute atomic E-state index is 12.9. The monoisotopic (exact) mass is 530 g/mol. The van der Waals surface area contributed by atoms with Crippen LogP contribution in [-0.2, 0) is 22.6 Å². The number of likely N-dealkylation sites (tertiary alicyclic amines) is 1. The first-order valence-electron chi connectivity index (χ1n) is 13.8. The minimum Gasteiger partial charge on any atom is -0.446 e. The van der Waals surface area contributed by atoms with Crippen molar-refractivity contribution in [3.63, 3.8) is 0 Å². The van der Waals surface area contributed by atoms with E-state index in [2.05, 4.69) is 30.8 Å². The molecule has 7 heteroatoms. The lowest BCUT2D eigenvalue weighted by molar-refractivity contribution is -0.896. The largest absolute Gasteiger partial charge is 0.446 e. The third kappa shape index (κ3) is 8.67. The van der Waals surface area contributed by atoms with Gasteiger partial charge in [-0.2, -0.15) is 0 Å². The molecular weight excluding hydrogens is 490 g/mol. The Balaban J connectivity index is 1.33. The number of anilines is 2. The van der Waals surface area contributed by atoms with E-state index in [1.165, 1.54) is 0 Å². The second-order valence-electron chi connectivity index (χ2n) is 11.0. The highest BCUT2D eigenvalue weighted by Gasteiger charge is 2.28. The third-order valence-corrected chi connectivity index (χ3v) is 7.33. The van der Waals surface area contributed by atoms with Crippen molar-refractivity contribution < 1.29 is 23.9 Å². The van der Waals surface area contributed by atoms with Crippen molar-refractivity contribution in [1.82, 2.24) is 0 Å². The molecule has 0 saturated carbocycles. The summed E-state index contributed by atoms with van der Waals surface area (Å²) in [6, 6.07) is 23.3. The molecule has 3 N–H and O–H groups in total. The quantitative estimate of drug-likeness (QED) is 0.222. The van der Waals surface area contributed by atoms with E-state index in [1.807, 2.05) is 42.5 Å². The molecule has 39 heavy (non-hydrogen) atoms. The molecule has 206 valence electrons. The van der Waals surface area contributed by atoms with Gasteiger partial charge in [0.1, 0.15) is 6.10 Å². The molecule has 3 aromatic rings. The van der Waals surface area contributed by atoms with Gasteiger partial charge in [-0.05, 0) is 54.2 Å². The topological polar surface area (TPSA) is 87.7 Å². The van der Waals surface area contributed by atoms with Crippen molar-refractivity contribution in [1.29, 1.82) is 0 Å². The first-order chi connectivity index (χ1) is 18.8. The Morgan fingerprint density at radius 3 is 2.28 bits per heavy atom. The van der Waals surface area contributed by atoms with Crippen LogP contribution in [0.1, 0.15) is 43.2 Å². The molecule has 0 atom stereocenters. The summed E-state index contributed by atoms with van der Waals surface area (Å²) in [6.45, 7) is 1.98. The van der Waals surface area contributed by atoms with Gasteiger partial charge in [0, 0.05) is 30.5 Å². The van der Waals surface area contributed by atoms with Crippen LogP contribution in [0, 0.1) is 0 Å². The molecule has 0 radical (unpaired) electrons. The summed E-state index contributed by atoms with van der Waals surface area (Å²) >= 11 is 0. The molecule has 0 aromatic heterocycles. The molecule has 1 saturated heterocycles. The summed E-state index contributed by atoms with van der Waals surface area (Å²) in [5, 5.41) is 15.1. The zero-order valence-corrected chi connectivity index (χ0v) is 23.0. The van der Waals surface area contributed by atoms with Gasteiger partial charge in [-0.1, -0.05) is 54.6 Å². The minimum atomic E-state index is -0.412. The van der Waals surface area contributed by atoms with E-state index in [0.717, 1.165) is 83.3 Å². The van der Waals surface area contributed by atoms with Crippen molar-refractivity contribution in [3.05, 3.63) is 83.9 Å². The fourth-order valence-corrected chi connectivity index (χ4v) is 4.90. The number of benzene rings is 3. The van der Waals surface area contributed by atoms with Crippen LogP contribution in [-0.4, -0.2) is 54.9 Å². The molecule has 3 aromatic carbocycles. The molecule has 1 aliphatic heterocycles. The predicted molar refractivity (Wildman–Crippen MR) is 155 cm³/mol. The van der Waals surface area contributed by atoms with Crippen molar-refractivity contribution in [2.75, 3.05) is 37.8 Å². The van der Waals surface area contributed by atoms with Crippen molar-refractivity contribution in [2.24, 2.45) is 0 Å². The summed E-state index contributed by atoms with van der Waals surface area (Å²) in [7, 11) is 4.41. The Bertz CT molecular complexity index is 1230. The van der Waals surface area contributed by atoms with Crippen LogP contribution in [0.3, 0.4) is 0 Å². The van der Waals surface area contributed by atoms with Gasteiger partial charge >= 0.3 is 6.09 Å². The van der Waals surface area contributed by atoms with Crippen LogP contribution >= 0.6 is 0 Å². The molecule has 0 bridgehead atoms. The fraction of sp³-hybridized carbons (Fsp3) is 0.375. The lowest BCUT2D eigenvalue weighted by Gasteiger charge is -2.36. The highest BCUT2D eigenvalue weighted by molar-refractivity contribution is 5.92. The van der Waals surface area contributed by atoms with Gasteiger partial charge in [0.05, 0.1) is 39.5 Å². The number of quaternary nitrogens is 1. The summed E-state index contributed by atoms with van der Waals surface area (Å²) in [5.74, 6) is -0.0267. The second kappa shape index (κ2) is 13.4. The fourth-order valence-electron chi connectivity index (χ4n) is 4.90. The number of rotatable bonds is 10. The van der Waals surface area contributed by atoms with E-state index in [4.69, 9.17) is 9.84 Å². The molecule has 0 aliphatic carbocycles. The summed E-state index contributed by atoms with van der Waals surface area (Å²) in [5.41, 5.74) is 5.35. The highest BCUT2D eigenvalue weighted by atomic mass is 16.6. The summed E-state index contributed by atoms with van der Waals surface area (Å²) < 4.78 is 6.75. The van der Waals surface area contributed by atoms with Crippen LogP contribution in [0.4, 0.5) is 16.2 Å².